The van der Waals surface area contributed by atoms with Crippen LogP contribution in [-0.2, 0) is 11.2 Å². The van der Waals surface area contributed by atoms with Gasteiger partial charge in [0.05, 0.1) is 18.2 Å². The Hall–Kier alpha value is -2.27. The van der Waals surface area contributed by atoms with Crippen LogP contribution in [0.3, 0.4) is 0 Å². The van der Waals surface area contributed by atoms with Gasteiger partial charge in [-0.05, 0) is 12.1 Å². The first-order valence-corrected chi connectivity index (χ1v) is 7.05. The third kappa shape index (κ3) is 2.40. The highest BCUT2D eigenvalue weighted by Crippen LogP contribution is 2.33. The predicted molar refractivity (Wildman–Crippen MR) is 76.3 cm³/mol. The minimum atomic E-state index is 0.227. The van der Waals surface area contributed by atoms with Gasteiger partial charge < -0.3 is 18.3 Å². The van der Waals surface area contributed by atoms with Gasteiger partial charge in [0, 0.05) is 12.5 Å². The maximum Gasteiger partial charge on any atom is 0.263 e. The van der Waals surface area contributed by atoms with Gasteiger partial charge in [0.25, 0.3) is 5.89 Å². The average Bonchev–Trinajstić information content (AvgIpc) is 3.03. The molecule has 0 unspecified atom stereocenters. The Bertz CT molecular complexity index is 770. The summed E-state index contributed by atoms with van der Waals surface area (Å²) in [4.78, 5) is 4.25. The van der Waals surface area contributed by atoms with Crippen LogP contribution in [0.4, 0.5) is 0 Å². The van der Waals surface area contributed by atoms with Crippen molar-refractivity contribution < 1.29 is 18.3 Å². The fourth-order valence-corrected chi connectivity index (χ4v) is 2.20. The lowest BCUT2D eigenvalue weighted by molar-refractivity contribution is 0.265. The summed E-state index contributed by atoms with van der Waals surface area (Å²) in [6.07, 6.45) is 2.76. The molecule has 0 aliphatic carbocycles. The maximum atomic E-state index is 5.81. The van der Waals surface area contributed by atoms with Crippen molar-refractivity contribution in [3.8, 4) is 17.4 Å². The van der Waals surface area contributed by atoms with E-state index in [1.54, 1.807) is 6.20 Å². The summed E-state index contributed by atoms with van der Waals surface area (Å²) in [7, 11) is 0. The summed E-state index contributed by atoms with van der Waals surface area (Å²) >= 11 is 0. The van der Waals surface area contributed by atoms with Gasteiger partial charge >= 0.3 is 0 Å². The second-order valence-corrected chi connectivity index (χ2v) is 5.03. The van der Waals surface area contributed by atoms with Crippen LogP contribution in [0.2, 0.25) is 0 Å². The van der Waals surface area contributed by atoms with Gasteiger partial charge in [-0.15, -0.1) is 0 Å². The number of ether oxygens (including phenoxy) is 2. The van der Waals surface area contributed by atoms with E-state index in [4.69, 9.17) is 18.3 Å². The monoisotopic (exact) mass is 285 g/mol. The molecule has 1 atom stereocenters. The van der Waals surface area contributed by atoms with Crippen LogP contribution in [-0.4, -0.2) is 24.3 Å². The topological polar surface area (TPSA) is 60.9 Å². The molecule has 5 heteroatoms. The summed E-state index contributed by atoms with van der Waals surface area (Å²) in [5.41, 5.74) is 0.760. The lowest BCUT2D eigenvalue weighted by Crippen LogP contribution is -2.03. The largest absolute Gasteiger partial charge is 0.490 e. The maximum absolute atomic E-state index is 5.81. The molecule has 1 aliphatic heterocycles. The number of hydrogen-bond donors (Lipinski definition) is 0. The number of aryl methyl sites for hydroxylation is 1. The summed E-state index contributed by atoms with van der Waals surface area (Å²) in [5.74, 6) is 2.75. The molecule has 3 heterocycles. The minimum Gasteiger partial charge on any atom is -0.490 e. The van der Waals surface area contributed by atoms with Crippen LogP contribution in [0.25, 0.3) is 22.6 Å². The number of aromatic nitrogens is 1. The number of nitrogens with zero attached hydrogens (tertiary/aromatic N) is 1. The number of furan rings is 1. The number of fused-ring (bicyclic) bond motifs is 1. The fraction of sp³-hybridized carbons (Fsp3) is 0.312. The Labute approximate surface area is 121 Å². The van der Waals surface area contributed by atoms with Crippen molar-refractivity contribution in [2.75, 3.05) is 13.2 Å². The molecule has 3 aromatic rings. The summed E-state index contributed by atoms with van der Waals surface area (Å²) in [6.45, 7) is 3.37. The van der Waals surface area contributed by atoms with E-state index in [1.807, 2.05) is 31.2 Å². The molecule has 1 fully saturated rings. The molecule has 0 bridgehead atoms. The molecule has 1 saturated heterocycles. The molecule has 5 nitrogen and oxygen atoms in total. The van der Waals surface area contributed by atoms with Crippen molar-refractivity contribution in [2.24, 2.45) is 0 Å². The van der Waals surface area contributed by atoms with Gasteiger partial charge in [-0.25, -0.2) is 4.98 Å². The number of epoxide rings is 1. The van der Waals surface area contributed by atoms with Crippen LogP contribution < -0.4 is 4.74 Å². The molecule has 0 spiro atoms. The lowest BCUT2D eigenvalue weighted by Gasteiger charge is -2.04. The third-order valence-electron chi connectivity index (χ3n) is 3.46. The Morgan fingerprint density at radius 2 is 2.24 bits per heavy atom. The summed E-state index contributed by atoms with van der Waals surface area (Å²) in [5, 5.41) is 0.921. The standard InChI is InChI=1S/C16H15NO4/c1-2-10-7-17-16(20-10)15-6-12-13(19-9-11-8-18-11)4-3-5-14(12)21-15/h3-7,11H,2,8-9H2,1H3/t11-/m0/s1. The SMILES string of the molecule is CCc1cnc(-c2cc3c(OC[C@@H]4CO4)cccc3o2)o1. The Balaban J connectivity index is 1.69. The highest BCUT2D eigenvalue weighted by molar-refractivity contribution is 5.87. The number of hydrogen-bond acceptors (Lipinski definition) is 5. The molecule has 4 rings (SSSR count). The summed E-state index contributed by atoms with van der Waals surface area (Å²) < 4.78 is 22.4. The zero-order chi connectivity index (χ0) is 14.2. The van der Waals surface area contributed by atoms with Crippen molar-refractivity contribution in [1.29, 1.82) is 0 Å². The van der Waals surface area contributed by atoms with Gasteiger partial charge in [-0.3, -0.25) is 0 Å². The zero-order valence-corrected chi connectivity index (χ0v) is 11.7. The van der Waals surface area contributed by atoms with Gasteiger partial charge in [0.2, 0.25) is 0 Å². The highest BCUT2D eigenvalue weighted by Gasteiger charge is 2.23. The van der Waals surface area contributed by atoms with Crippen LogP contribution >= 0.6 is 0 Å². The van der Waals surface area contributed by atoms with E-state index in [1.165, 1.54) is 0 Å². The average molecular weight is 285 g/mol. The number of oxazole rings is 1. The molecule has 1 aliphatic rings. The number of rotatable bonds is 5. The second-order valence-electron chi connectivity index (χ2n) is 5.03. The Morgan fingerprint density at radius 1 is 1.33 bits per heavy atom. The van der Waals surface area contributed by atoms with Gasteiger partial charge in [0.1, 0.15) is 29.8 Å². The molecule has 1 aromatic carbocycles. The van der Waals surface area contributed by atoms with Crippen LogP contribution in [0, 0.1) is 0 Å². The molecule has 0 saturated carbocycles. The molecule has 108 valence electrons. The first kappa shape index (κ1) is 12.5. The lowest BCUT2D eigenvalue weighted by atomic mass is 10.2. The van der Waals surface area contributed by atoms with Gasteiger partial charge in [0.15, 0.2) is 5.76 Å². The van der Waals surface area contributed by atoms with E-state index in [2.05, 4.69) is 4.98 Å². The molecular weight excluding hydrogens is 270 g/mol. The van der Waals surface area contributed by atoms with Gasteiger partial charge in [-0.1, -0.05) is 13.0 Å². The van der Waals surface area contributed by atoms with Crippen LogP contribution in [0.5, 0.6) is 5.75 Å². The third-order valence-corrected chi connectivity index (χ3v) is 3.46. The van der Waals surface area contributed by atoms with Crippen LogP contribution in [0.15, 0.2) is 39.3 Å². The first-order valence-electron chi connectivity index (χ1n) is 7.05. The van der Waals surface area contributed by atoms with Crippen molar-refractivity contribution >= 4 is 11.0 Å². The van der Waals surface area contributed by atoms with Crippen molar-refractivity contribution in [3.05, 3.63) is 36.2 Å². The fourth-order valence-electron chi connectivity index (χ4n) is 2.20. The normalized spacial score (nSPS) is 17.3. The zero-order valence-electron chi connectivity index (χ0n) is 11.7. The molecule has 21 heavy (non-hydrogen) atoms. The predicted octanol–water partition coefficient (Wildman–Crippen LogP) is 3.43. The van der Waals surface area contributed by atoms with Crippen molar-refractivity contribution in [3.63, 3.8) is 0 Å². The first-order chi connectivity index (χ1) is 10.3. The quantitative estimate of drug-likeness (QED) is 0.672. The van der Waals surface area contributed by atoms with Crippen molar-refractivity contribution in [2.45, 2.75) is 19.4 Å². The number of benzene rings is 1. The van der Waals surface area contributed by atoms with E-state index in [9.17, 15) is 0 Å². The van der Waals surface area contributed by atoms with E-state index < -0.39 is 0 Å². The Morgan fingerprint density at radius 3 is 3.00 bits per heavy atom. The Kier molecular flexibility index (Phi) is 2.93. The van der Waals surface area contributed by atoms with E-state index in [0.29, 0.717) is 18.3 Å². The smallest absolute Gasteiger partial charge is 0.263 e. The van der Waals surface area contributed by atoms with Gasteiger partial charge in [-0.2, -0.15) is 0 Å². The highest BCUT2D eigenvalue weighted by atomic mass is 16.6. The summed E-state index contributed by atoms with van der Waals surface area (Å²) in [6, 6.07) is 7.65. The van der Waals surface area contributed by atoms with E-state index in [-0.39, 0.29) is 6.10 Å². The minimum absolute atomic E-state index is 0.227. The van der Waals surface area contributed by atoms with Crippen molar-refractivity contribution in [1.82, 2.24) is 4.98 Å². The molecule has 2 aromatic heterocycles. The molecular formula is C16H15NO4. The van der Waals surface area contributed by atoms with E-state index >= 15 is 0 Å². The molecule has 0 N–H and O–H groups in total. The molecule has 0 amide bonds. The van der Waals surface area contributed by atoms with Crippen LogP contribution in [0.1, 0.15) is 12.7 Å². The molecule has 0 radical (unpaired) electrons. The van der Waals surface area contributed by atoms with E-state index in [0.717, 1.165) is 35.5 Å². The second kappa shape index (κ2) is 4.93.